The van der Waals surface area contributed by atoms with E-state index in [2.05, 4.69) is 43.0 Å². The van der Waals surface area contributed by atoms with Crippen molar-refractivity contribution in [2.24, 2.45) is 7.05 Å². The van der Waals surface area contributed by atoms with E-state index < -0.39 is 0 Å². The third-order valence-corrected chi connectivity index (χ3v) is 7.35. The number of aromatic nitrogens is 6. The molecule has 0 bridgehead atoms. The first-order chi connectivity index (χ1) is 17.2. The molecule has 0 amide bonds. The zero-order chi connectivity index (χ0) is 23.6. The van der Waals surface area contributed by atoms with Crippen molar-refractivity contribution in [1.82, 2.24) is 34.4 Å². The summed E-state index contributed by atoms with van der Waals surface area (Å²) >= 11 is 0. The highest BCUT2D eigenvalue weighted by Crippen LogP contribution is 2.32. The lowest BCUT2D eigenvalue weighted by molar-refractivity contribution is 0.00507. The second-order valence-electron chi connectivity index (χ2n) is 9.60. The van der Waals surface area contributed by atoms with E-state index >= 15 is 0 Å². The van der Waals surface area contributed by atoms with E-state index in [-0.39, 0.29) is 0 Å². The zero-order valence-electron chi connectivity index (χ0n) is 20.1. The highest BCUT2D eigenvalue weighted by atomic mass is 16.5. The molecule has 2 aliphatic rings. The Bertz CT molecular complexity index is 1260. The molecule has 0 atom stereocenters. The summed E-state index contributed by atoms with van der Waals surface area (Å²) in [5, 5.41) is 8.97. The van der Waals surface area contributed by atoms with Crippen LogP contribution >= 0.6 is 0 Å². The summed E-state index contributed by atoms with van der Waals surface area (Å²) in [6, 6.07) is 9.43. The molecule has 6 rings (SSSR count). The van der Waals surface area contributed by atoms with Gasteiger partial charge in [-0.05, 0) is 37.3 Å². The summed E-state index contributed by atoms with van der Waals surface area (Å²) in [5.41, 5.74) is 5.23. The maximum absolute atomic E-state index is 5.51. The van der Waals surface area contributed by atoms with Gasteiger partial charge < -0.3 is 4.74 Å². The van der Waals surface area contributed by atoms with E-state index in [1.165, 1.54) is 25.7 Å². The summed E-state index contributed by atoms with van der Waals surface area (Å²) in [6.07, 6.45) is 16.6. The molecule has 1 saturated carbocycles. The van der Waals surface area contributed by atoms with Gasteiger partial charge in [-0.25, -0.2) is 9.97 Å². The molecule has 0 N–H and O–H groups in total. The molecule has 0 spiro atoms. The monoisotopic (exact) mass is 469 g/mol. The van der Waals surface area contributed by atoms with Gasteiger partial charge in [-0.2, -0.15) is 10.2 Å². The van der Waals surface area contributed by atoms with Crippen molar-refractivity contribution >= 4 is 0 Å². The fourth-order valence-corrected chi connectivity index (χ4v) is 5.35. The lowest BCUT2D eigenvalue weighted by Gasteiger charge is -2.38. The molecule has 0 radical (unpaired) electrons. The Labute approximate surface area is 205 Å². The highest BCUT2D eigenvalue weighted by Gasteiger charge is 2.28. The standard InChI is InChI=1S/C27H31N7O/c1-32-18-23(16-30-32)20-3-2-4-21(13-20)27-28-14-22(15-29-27)24-17-31-34(19-24)26-7-5-25(6-8-26)33-9-11-35-12-10-33/h2-4,13-19,25-26H,5-12H2,1H3. The number of nitrogens with zero attached hydrogens (tertiary/aromatic N) is 7. The van der Waals surface area contributed by atoms with Crippen LogP contribution in [0.2, 0.25) is 0 Å². The van der Waals surface area contributed by atoms with Crippen LogP contribution in [0.5, 0.6) is 0 Å². The molecule has 8 nitrogen and oxygen atoms in total. The van der Waals surface area contributed by atoms with Crippen LogP contribution < -0.4 is 0 Å². The molecular formula is C27H31N7O. The van der Waals surface area contributed by atoms with Crippen molar-refractivity contribution in [3.8, 4) is 33.6 Å². The average molecular weight is 470 g/mol. The van der Waals surface area contributed by atoms with E-state index in [4.69, 9.17) is 9.84 Å². The molecule has 0 unspecified atom stereocenters. The number of benzene rings is 1. The second-order valence-corrected chi connectivity index (χ2v) is 9.60. The Hall–Kier alpha value is -3.36. The largest absolute Gasteiger partial charge is 0.379 e. The van der Waals surface area contributed by atoms with Gasteiger partial charge in [0, 0.05) is 73.2 Å². The molecule has 1 aromatic carbocycles. The predicted octanol–water partition coefficient (Wildman–Crippen LogP) is 4.22. The van der Waals surface area contributed by atoms with E-state index in [0.29, 0.717) is 17.9 Å². The van der Waals surface area contributed by atoms with Crippen molar-refractivity contribution in [3.63, 3.8) is 0 Å². The van der Waals surface area contributed by atoms with Gasteiger partial charge in [-0.3, -0.25) is 14.3 Å². The predicted molar refractivity (Wildman–Crippen MR) is 135 cm³/mol. The third-order valence-electron chi connectivity index (χ3n) is 7.35. The summed E-state index contributed by atoms with van der Waals surface area (Å²) in [5.74, 6) is 0.716. The number of rotatable bonds is 5. The fraction of sp³-hybridized carbons (Fsp3) is 0.407. The first kappa shape index (κ1) is 22.1. The molecule has 1 aliphatic heterocycles. The van der Waals surface area contributed by atoms with Crippen LogP contribution in [-0.2, 0) is 11.8 Å². The lowest BCUT2D eigenvalue weighted by atomic mass is 9.90. The van der Waals surface area contributed by atoms with Gasteiger partial charge in [0.05, 0.1) is 31.6 Å². The van der Waals surface area contributed by atoms with Crippen LogP contribution in [0, 0.1) is 0 Å². The van der Waals surface area contributed by atoms with Gasteiger partial charge in [0.2, 0.25) is 0 Å². The Kier molecular flexibility index (Phi) is 6.14. The molecular weight excluding hydrogens is 438 g/mol. The third kappa shape index (κ3) is 4.76. The van der Waals surface area contributed by atoms with Crippen molar-refractivity contribution in [2.75, 3.05) is 26.3 Å². The van der Waals surface area contributed by atoms with Crippen LogP contribution in [-0.4, -0.2) is 66.8 Å². The minimum absolute atomic E-state index is 0.469. The first-order valence-corrected chi connectivity index (χ1v) is 12.5. The van der Waals surface area contributed by atoms with Gasteiger partial charge in [-0.1, -0.05) is 18.2 Å². The van der Waals surface area contributed by atoms with Crippen LogP contribution in [0.1, 0.15) is 31.7 Å². The van der Waals surface area contributed by atoms with Gasteiger partial charge in [0.25, 0.3) is 0 Å². The van der Waals surface area contributed by atoms with Crippen LogP contribution in [0.15, 0.2) is 61.4 Å². The van der Waals surface area contributed by atoms with E-state index in [1.807, 2.05) is 54.8 Å². The molecule has 1 aliphatic carbocycles. The minimum atomic E-state index is 0.469. The topological polar surface area (TPSA) is 73.9 Å². The Morgan fingerprint density at radius 2 is 1.43 bits per heavy atom. The molecule has 4 heterocycles. The SMILES string of the molecule is Cn1cc(-c2cccc(-c3ncc(-c4cnn(C5CCC(N6CCOCC6)CC5)c4)cn3)c2)cn1. The smallest absolute Gasteiger partial charge is 0.159 e. The zero-order valence-corrected chi connectivity index (χ0v) is 20.1. The van der Waals surface area contributed by atoms with Crippen molar-refractivity contribution in [2.45, 2.75) is 37.8 Å². The maximum Gasteiger partial charge on any atom is 0.159 e. The summed E-state index contributed by atoms with van der Waals surface area (Å²) in [7, 11) is 1.92. The summed E-state index contributed by atoms with van der Waals surface area (Å²) in [4.78, 5) is 11.9. The van der Waals surface area contributed by atoms with Crippen LogP contribution in [0.3, 0.4) is 0 Å². The van der Waals surface area contributed by atoms with E-state index in [1.54, 1.807) is 0 Å². The molecule has 8 heteroatoms. The lowest BCUT2D eigenvalue weighted by Crippen LogP contribution is -2.45. The molecule has 4 aromatic rings. The Balaban J connectivity index is 1.12. The van der Waals surface area contributed by atoms with Crippen molar-refractivity contribution in [1.29, 1.82) is 0 Å². The van der Waals surface area contributed by atoms with Crippen LogP contribution in [0.25, 0.3) is 33.6 Å². The van der Waals surface area contributed by atoms with E-state index in [0.717, 1.165) is 54.1 Å². The highest BCUT2D eigenvalue weighted by molar-refractivity contribution is 5.70. The molecule has 180 valence electrons. The summed E-state index contributed by atoms with van der Waals surface area (Å²) < 4.78 is 9.47. The normalized spacial score (nSPS) is 21.3. The number of hydrogen-bond donors (Lipinski definition) is 0. The van der Waals surface area contributed by atoms with Gasteiger partial charge in [-0.15, -0.1) is 0 Å². The van der Waals surface area contributed by atoms with E-state index in [9.17, 15) is 0 Å². The minimum Gasteiger partial charge on any atom is -0.379 e. The Morgan fingerprint density at radius 3 is 2.17 bits per heavy atom. The first-order valence-electron chi connectivity index (χ1n) is 12.5. The van der Waals surface area contributed by atoms with Crippen LogP contribution in [0.4, 0.5) is 0 Å². The number of hydrogen-bond acceptors (Lipinski definition) is 6. The van der Waals surface area contributed by atoms with Gasteiger partial charge >= 0.3 is 0 Å². The van der Waals surface area contributed by atoms with Crippen molar-refractivity contribution in [3.05, 3.63) is 61.4 Å². The molecule has 2 fully saturated rings. The number of ether oxygens (including phenoxy) is 1. The Morgan fingerprint density at radius 1 is 0.743 bits per heavy atom. The molecule has 1 saturated heterocycles. The van der Waals surface area contributed by atoms with Gasteiger partial charge in [0.15, 0.2) is 5.82 Å². The quantitative estimate of drug-likeness (QED) is 0.436. The molecule has 35 heavy (non-hydrogen) atoms. The fourth-order valence-electron chi connectivity index (χ4n) is 5.35. The maximum atomic E-state index is 5.51. The molecule has 3 aromatic heterocycles. The number of morpholine rings is 1. The van der Waals surface area contributed by atoms with Crippen molar-refractivity contribution < 1.29 is 4.74 Å². The van der Waals surface area contributed by atoms with Gasteiger partial charge in [0.1, 0.15) is 0 Å². The number of aryl methyl sites for hydroxylation is 1. The average Bonchev–Trinajstić information content (AvgIpc) is 3.59. The summed E-state index contributed by atoms with van der Waals surface area (Å²) in [6.45, 7) is 3.90. The second kappa shape index (κ2) is 9.71.